The molecule has 2 aromatic heterocycles. The molecule has 0 radical (unpaired) electrons. The maximum Gasteiger partial charge on any atom is 0.136 e. The van der Waals surface area contributed by atoms with Crippen molar-refractivity contribution >= 4 is 55.0 Å². The molecule has 1 unspecified atom stereocenters. The zero-order valence-corrected chi connectivity index (χ0v) is 16.9. The Balaban J connectivity index is 1.59. The van der Waals surface area contributed by atoms with Crippen molar-refractivity contribution in [1.29, 1.82) is 0 Å². The van der Waals surface area contributed by atoms with Crippen molar-refractivity contribution in [3.8, 4) is 12.3 Å². The lowest BCUT2D eigenvalue weighted by molar-refractivity contribution is 0.668. The number of benzene rings is 3. The second-order valence-corrected chi connectivity index (χ2v) is 8.59. The average Bonchev–Trinajstić information content (AvgIpc) is 3.26. The van der Waals surface area contributed by atoms with Crippen molar-refractivity contribution in [2.75, 3.05) is 0 Å². The molecule has 0 saturated carbocycles. The topological polar surface area (TPSA) is 13.1 Å². The van der Waals surface area contributed by atoms with Crippen LogP contribution in [0, 0.1) is 12.3 Å². The van der Waals surface area contributed by atoms with Crippen LogP contribution in [0.5, 0.6) is 0 Å². The second-order valence-electron chi connectivity index (χ2n) is 7.13. The molecule has 3 heteroatoms. The van der Waals surface area contributed by atoms with Crippen LogP contribution in [0.3, 0.4) is 0 Å². The van der Waals surface area contributed by atoms with Gasteiger partial charge in [-0.05, 0) is 59.2 Å². The summed E-state index contributed by atoms with van der Waals surface area (Å²) in [5, 5.41) is 4.04. The predicted octanol–water partition coefficient (Wildman–Crippen LogP) is 7.78. The van der Waals surface area contributed by atoms with Crippen molar-refractivity contribution < 1.29 is 4.42 Å². The molecule has 0 bridgehead atoms. The average molecular weight is 401 g/mol. The third-order valence-electron chi connectivity index (χ3n) is 5.38. The smallest absolute Gasteiger partial charge is 0.136 e. The van der Waals surface area contributed by atoms with E-state index < -0.39 is 0 Å². The fraction of sp³-hybridized carbons (Fsp3) is 0.120. The SMILES string of the molecule is C#Cc1sc2ccccc2c1CC(C)c1ccc2oc3cccc(Cl)c3c2c1. The lowest BCUT2D eigenvalue weighted by Crippen LogP contribution is -1.99. The molecule has 5 rings (SSSR count). The van der Waals surface area contributed by atoms with Crippen molar-refractivity contribution in [2.45, 2.75) is 19.3 Å². The normalized spacial score (nSPS) is 12.6. The van der Waals surface area contributed by atoms with E-state index in [4.69, 9.17) is 22.4 Å². The number of fused-ring (bicyclic) bond motifs is 4. The fourth-order valence-corrected chi connectivity index (χ4v) is 5.26. The Bertz CT molecular complexity index is 1380. The van der Waals surface area contributed by atoms with Gasteiger partial charge < -0.3 is 4.42 Å². The van der Waals surface area contributed by atoms with Gasteiger partial charge in [-0.25, -0.2) is 0 Å². The molecular formula is C25H17ClOS. The molecule has 1 atom stereocenters. The van der Waals surface area contributed by atoms with Crippen LogP contribution in [0.4, 0.5) is 0 Å². The maximum atomic E-state index is 6.45. The quantitative estimate of drug-likeness (QED) is 0.282. The molecule has 3 aromatic carbocycles. The minimum absolute atomic E-state index is 0.321. The summed E-state index contributed by atoms with van der Waals surface area (Å²) in [5.41, 5.74) is 4.22. The number of furan rings is 1. The van der Waals surface area contributed by atoms with Gasteiger partial charge >= 0.3 is 0 Å². The number of thiophene rings is 1. The maximum absolute atomic E-state index is 6.45. The molecule has 2 heterocycles. The van der Waals surface area contributed by atoms with Crippen LogP contribution in [0.25, 0.3) is 32.0 Å². The van der Waals surface area contributed by atoms with Gasteiger partial charge in [0.15, 0.2) is 0 Å². The molecule has 0 saturated heterocycles. The van der Waals surface area contributed by atoms with Gasteiger partial charge in [0.1, 0.15) is 11.2 Å². The first-order chi connectivity index (χ1) is 13.7. The number of hydrogen-bond acceptors (Lipinski definition) is 2. The molecule has 1 nitrogen and oxygen atoms in total. The summed E-state index contributed by atoms with van der Waals surface area (Å²) in [6, 6.07) is 20.6. The Morgan fingerprint density at radius 3 is 2.75 bits per heavy atom. The molecule has 136 valence electrons. The van der Waals surface area contributed by atoms with Crippen LogP contribution in [0.2, 0.25) is 5.02 Å². The fourth-order valence-electron chi connectivity index (χ4n) is 3.95. The molecule has 28 heavy (non-hydrogen) atoms. The minimum Gasteiger partial charge on any atom is -0.456 e. The molecule has 0 N–H and O–H groups in total. The first-order valence-electron chi connectivity index (χ1n) is 9.23. The predicted molar refractivity (Wildman–Crippen MR) is 121 cm³/mol. The molecule has 5 aromatic rings. The Labute approximate surface area is 172 Å². The monoisotopic (exact) mass is 400 g/mol. The van der Waals surface area contributed by atoms with E-state index in [2.05, 4.69) is 49.2 Å². The van der Waals surface area contributed by atoms with E-state index in [1.165, 1.54) is 21.2 Å². The Morgan fingerprint density at radius 1 is 1.04 bits per heavy atom. The minimum atomic E-state index is 0.321. The van der Waals surface area contributed by atoms with Crippen LogP contribution >= 0.6 is 22.9 Å². The highest BCUT2D eigenvalue weighted by molar-refractivity contribution is 7.19. The summed E-state index contributed by atoms with van der Waals surface area (Å²) in [4.78, 5) is 1.03. The Kier molecular flexibility index (Phi) is 4.16. The van der Waals surface area contributed by atoms with Crippen LogP contribution < -0.4 is 0 Å². The van der Waals surface area contributed by atoms with Crippen molar-refractivity contribution in [3.05, 3.63) is 81.7 Å². The van der Waals surface area contributed by atoms with E-state index in [1.807, 2.05) is 24.3 Å². The van der Waals surface area contributed by atoms with Gasteiger partial charge in [-0.15, -0.1) is 17.8 Å². The molecular weight excluding hydrogens is 384 g/mol. The molecule has 0 amide bonds. The van der Waals surface area contributed by atoms with E-state index in [-0.39, 0.29) is 0 Å². The van der Waals surface area contributed by atoms with Gasteiger partial charge in [-0.3, -0.25) is 0 Å². The zero-order chi connectivity index (χ0) is 19.3. The lowest BCUT2D eigenvalue weighted by Gasteiger charge is -2.12. The van der Waals surface area contributed by atoms with Crippen LogP contribution in [-0.2, 0) is 6.42 Å². The summed E-state index contributed by atoms with van der Waals surface area (Å²) in [7, 11) is 0. The molecule has 0 aliphatic heterocycles. The molecule has 0 fully saturated rings. The summed E-state index contributed by atoms with van der Waals surface area (Å²) in [6.45, 7) is 2.25. The summed E-state index contributed by atoms with van der Waals surface area (Å²) < 4.78 is 7.21. The third kappa shape index (κ3) is 2.71. The van der Waals surface area contributed by atoms with E-state index >= 15 is 0 Å². The van der Waals surface area contributed by atoms with Gasteiger partial charge in [0.05, 0.1) is 9.90 Å². The van der Waals surface area contributed by atoms with Gasteiger partial charge in [0.25, 0.3) is 0 Å². The summed E-state index contributed by atoms with van der Waals surface area (Å²) >= 11 is 8.15. The number of halogens is 1. The highest BCUT2D eigenvalue weighted by Crippen LogP contribution is 2.38. The van der Waals surface area contributed by atoms with Crippen LogP contribution in [-0.4, -0.2) is 0 Å². The highest BCUT2D eigenvalue weighted by Gasteiger charge is 2.17. The number of terminal acetylenes is 1. The Morgan fingerprint density at radius 2 is 1.89 bits per heavy atom. The van der Waals surface area contributed by atoms with E-state index in [9.17, 15) is 0 Å². The molecule has 0 spiro atoms. The van der Waals surface area contributed by atoms with Gasteiger partial charge in [-0.2, -0.15) is 0 Å². The van der Waals surface area contributed by atoms with Gasteiger partial charge in [0.2, 0.25) is 0 Å². The van der Waals surface area contributed by atoms with Gasteiger partial charge in [0, 0.05) is 15.5 Å². The second kappa shape index (κ2) is 6.71. The summed E-state index contributed by atoms with van der Waals surface area (Å²) in [6.07, 6.45) is 6.70. The van der Waals surface area contributed by atoms with E-state index in [1.54, 1.807) is 11.3 Å². The molecule has 0 aliphatic carbocycles. The standard InChI is InChI=1S/C25H17ClOS/c1-3-23-18(17-7-4-5-10-24(17)28-23)13-15(2)16-11-12-21-19(14-16)25-20(26)8-6-9-22(25)27-21/h1,4-12,14-15H,13H2,2H3. The van der Waals surface area contributed by atoms with Crippen molar-refractivity contribution in [1.82, 2.24) is 0 Å². The van der Waals surface area contributed by atoms with E-state index in [0.717, 1.165) is 38.3 Å². The zero-order valence-electron chi connectivity index (χ0n) is 15.3. The summed E-state index contributed by atoms with van der Waals surface area (Å²) in [5.74, 6) is 3.21. The van der Waals surface area contributed by atoms with Crippen molar-refractivity contribution in [3.63, 3.8) is 0 Å². The highest BCUT2D eigenvalue weighted by atomic mass is 35.5. The van der Waals surface area contributed by atoms with Crippen molar-refractivity contribution in [2.24, 2.45) is 0 Å². The molecule has 0 aliphatic rings. The van der Waals surface area contributed by atoms with E-state index in [0.29, 0.717) is 5.92 Å². The lowest BCUT2D eigenvalue weighted by atomic mass is 9.91. The number of rotatable bonds is 3. The third-order valence-corrected chi connectivity index (χ3v) is 6.84. The van der Waals surface area contributed by atoms with Crippen LogP contribution in [0.1, 0.15) is 28.8 Å². The van der Waals surface area contributed by atoms with Gasteiger partial charge in [-0.1, -0.05) is 54.8 Å². The Hall–Kier alpha value is -2.73. The number of hydrogen-bond donors (Lipinski definition) is 0. The largest absolute Gasteiger partial charge is 0.456 e. The van der Waals surface area contributed by atoms with Crippen LogP contribution in [0.15, 0.2) is 65.1 Å². The first-order valence-corrected chi connectivity index (χ1v) is 10.4. The first kappa shape index (κ1) is 17.4.